The van der Waals surface area contributed by atoms with Gasteiger partial charge in [-0.1, -0.05) is 49.6 Å². The fourth-order valence-electron chi connectivity index (χ4n) is 4.86. The van der Waals surface area contributed by atoms with Crippen molar-refractivity contribution >= 4 is 22.5 Å². The maximum absolute atomic E-state index is 12.8. The zero-order chi connectivity index (χ0) is 22.5. The maximum atomic E-state index is 12.8. The first-order chi connectivity index (χ1) is 15.5. The molecule has 1 fully saturated rings. The molecule has 0 saturated heterocycles. The van der Waals surface area contributed by atoms with E-state index in [1.807, 2.05) is 6.92 Å². The van der Waals surface area contributed by atoms with E-state index >= 15 is 0 Å². The molecule has 5 heteroatoms. The van der Waals surface area contributed by atoms with Crippen molar-refractivity contribution < 1.29 is 10.1 Å². The van der Waals surface area contributed by atoms with Crippen LogP contribution < -0.4 is 15.5 Å². The first-order valence-corrected chi connectivity index (χ1v) is 12.0. The minimum Gasteiger partial charge on any atom is -0.378 e. The highest BCUT2D eigenvalue weighted by atomic mass is 16.2. The molecule has 1 aliphatic carbocycles. The molecule has 1 aliphatic rings. The predicted molar refractivity (Wildman–Crippen MR) is 132 cm³/mol. The summed E-state index contributed by atoms with van der Waals surface area (Å²) in [6.45, 7) is 2.85. The van der Waals surface area contributed by atoms with E-state index in [1.165, 1.54) is 41.5 Å². The van der Waals surface area contributed by atoms with Crippen LogP contribution >= 0.6 is 0 Å². The van der Waals surface area contributed by atoms with Gasteiger partial charge >= 0.3 is 0 Å². The first kappa shape index (κ1) is 22.4. The Morgan fingerprint density at radius 1 is 1.09 bits per heavy atom. The molecule has 5 nitrogen and oxygen atoms in total. The van der Waals surface area contributed by atoms with Crippen LogP contribution in [-0.2, 0) is 4.79 Å². The van der Waals surface area contributed by atoms with Gasteiger partial charge in [0.05, 0.1) is 12.5 Å². The Bertz CT molecular complexity index is 1020. The normalized spacial score (nSPS) is 16.6. The molecule has 1 amide bonds. The Balaban J connectivity index is 1.52. The zero-order valence-corrected chi connectivity index (χ0v) is 19.6. The number of anilines is 1. The summed E-state index contributed by atoms with van der Waals surface area (Å²) in [5.41, 5.74) is 4.90. The lowest BCUT2D eigenvalue weighted by Gasteiger charge is -2.24. The summed E-state index contributed by atoms with van der Waals surface area (Å²) < 4.78 is 0. The fraction of sp³-hybridized carbons (Fsp3) is 0.444. The number of benzene rings is 2. The molecule has 170 valence electrons. The van der Waals surface area contributed by atoms with Crippen LogP contribution in [0.15, 0.2) is 54.7 Å². The number of hydrogen-bond acceptors (Lipinski definition) is 2. The summed E-state index contributed by atoms with van der Waals surface area (Å²) in [5.74, 6) is 0.366. The molecule has 1 heterocycles. The smallest absolute Gasteiger partial charge is 0.278 e. The number of nitrogens with two attached hydrogens (primary N) is 1. The lowest BCUT2D eigenvalue weighted by atomic mass is 9.90. The molecule has 3 aromatic rings. The Labute approximate surface area is 191 Å². The summed E-state index contributed by atoms with van der Waals surface area (Å²) in [4.78, 5) is 18.4. The van der Waals surface area contributed by atoms with E-state index < -0.39 is 0 Å². The van der Waals surface area contributed by atoms with Crippen molar-refractivity contribution in [2.75, 3.05) is 25.5 Å². The zero-order valence-electron chi connectivity index (χ0n) is 19.6. The summed E-state index contributed by atoms with van der Waals surface area (Å²) in [6, 6.07) is 17.5. The minimum atomic E-state index is -0.106. The molecule has 4 N–H and O–H groups in total. The highest BCUT2D eigenvalue weighted by molar-refractivity contribution is 5.84. The number of fused-ring (bicyclic) bond motifs is 1. The maximum Gasteiger partial charge on any atom is 0.278 e. The third kappa shape index (κ3) is 5.16. The van der Waals surface area contributed by atoms with Crippen LogP contribution in [0.25, 0.3) is 10.9 Å². The van der Waals surface area contributed by atoms with Gasteiger partial charge < -0.3 is 20.5 Å². The molecule has 0 bridgehead atoms. The van der Waals surface area contributed by atoms with Crippen LogP contribution in [-0.4, -0.2) is 43.6 Å². The highest BCUT2D eigenvalue weighted by Gasteiger charge is 2.25. The van der Waals surface area contributed by atoms with E-state index in [-0.39, 0.29) is 17.9 Å². The Hall–Kier alpha value is -2.79. The van der Waals surface area contributed by atoms with Gasteiger partial charge in [0, 0.05) is 42.9 Å². The fourth-order valence-corrected chi connectivity index (χ4v) is 4.86. The van der Waals surface area contributed by atoms with Crippen molar-refractivity contribution in [1.82, 2.24) is 10.3 Å². The summed E-state index contributed by atoms with van der Waals surface area (Å²) in [6.07, 6.45) is 8.13. The number of nitrogens with zero attached hydrogens (tertiary/aromatic N) is 1. The number of aromatic amines is 1. The number of carbonyl (C=O) groups excluding carboxylic acids is 1. The van der Waals surface area contributed by atoms with Crippen LogP contribution in [0.1, 0.15) is 56.1 Å². The second-order valence-electron chi connectivity index (χ2n) is 9.43. The molecule has 2 atom stereocenters. The molecular weight excluding hydrogens is 396 g/mol. The summed E-state index contributed by atoms with van der Waals surface area (Å²) >= 11 is 0. The highest BCUT2D eigenvalue weighted by Crippen LogP contribution is 2.31. The third-order valence-corrected chi connectivity index (χ3v) is 6.90. The van der Waals surface area contributed by atoms with Gasteiger partial charge in [-0.3, -0.25) is 4.79 Å². The van der Waals surface area contributed by atoms with E-state index in [0.717, 1.165) is 24.9 Å². The van der Waals surface area contributed by atoms with Crippen LogP contribution in [0.5, 0.6) is 0 Å². The number of quaternary nitrogens is 1. The monoisotopic (exact) mass is 433 g/mol. The van der Waals surface area contributed by atoms with Gasteiger partial charge in [0.1, 0.15) is 0 Å². The van der Waals surface area contributed by atoms with Crippen molar-refractivity contribution in [3.05, 3.63) is 65.9 Å². The van der Waals surface area contributed by atoms with Gasteiger partial charge in [-0.25, -0.2) is 0 Å². The molecule has 0 radical (unpaired) electrons. The average molecular weight is 434 g/mol. The topological polar surface area (TPSA) is 64.7 Å². The summed E-state index contributed by atoms with van der Waals surface area (Å²) in [7, 11) is 4.12. The number of amides is 1. The molecule has 0 aliphatic heterocycles. The number of nitrogens with one attached hydrogen (secondary N) is 2. The lowest BCUT2D eigenvalue weighted by molar-refractivity contribution is -0.674. The molecule has 32 heavy (non-hydrogen) atoms. The average Bonchev–Trinajstić information content (AvgIpc) is 3.24. The second kappa shape index (κ2) is 10.2. The largest absolute Gasteiger partial charge is 0.378 e. The third-order valence-electron chi connectivity index (χ3n) is 6.90. The molecule has 2 aromatic carbocycles. The standard InChI is InChI=1S/C27H36N4O/c1-19(27(32)30-21-9-5-4-6-10-21)28-17-24(20-13-15-22(16-14-20)31(2)3)25-18-29-26-12-8-7-11-23(25)26/h7-8,11-16,18-19,21,24,28-29H,4-6,9-10,17H2,1-3H3,(H,30,32)/p+1/t19-,24-/m1/s1. The SMILES string of the molecule is C[C@@H]([NH2+]C[C@H](c1ccc(N(C)C)cc1)c1c[nH]c2ccccc12)C(=O)NC1CCCCC1. The van der Waals surface area contributed by atoms with E-state index in [0.29, 0.717) is 6.04 Å². The number of carbonyl (C=O) groups is 1. The van der Waals surface area contributed by atoms with Crippen LogP contribution in [0, 0.1) is 0 Å². The van der Waals surface area contributed by atoms with E-state index in [9.17, 15) is 4.79 Å². The van der Waals surface area contributed by atoms with Crippen LogP contribution in [0.4, 0.5) is 5.69 Å². The Morgan fingerprint density at radius 3 is 2.53 bits per heavy atom. The van der Waals surface area contributed by atoms with Crippen molar-refractivity contribution in [3.63, 3.8) is 0 Å². The van der Waals surface area contributed by atoms with Gasteiger partial charge in [-0.15, -0.1) is 0 Å². The lowest BCUT2D eigenvalue weighted by Crippen LogP contribution is -2.92. The molecular formula is C27H37N4O+. The minimum absolute atomic E-state index is 0.106. The summed E-state index contributed by atoms with van der Waals surface area (Å²) in [5, 5.41) is 6.74. The quantitative estimate of drug-likeness (QED) is 0.506. The molecule has 0 spiro atoms. The van der Waals surface area contributed by atoms with Crippen molar-refractivity contribution in [2.45, 2.75) is 57.0 Å². The second-order valence-corrected chi connectivity index (χ2v) is 9.43. The number of para-hydroxylation sites is 1. The number of aromatic nitrogens is 1. The van der Waals surface area contributed by atoms with E-state index in [2.05, 4.69) is 89.3 Å². The van der Waals surface area contributed by atoms with Gasteiger partial charge in [0.25, 0.3) is 5.91 Å². The van der Waals surface area contributed by atoms with Gasteiger partial charge in [0.15, 0.2) is 6.04 Å². The van der Waals surface area contributed by atoms with E-state index in [1.54, 1.807) is 0 Å². The van der Waals surface area contributed by atoms with Crippen LogP contribution in [0.2, 0.25) is 0 Å². The van der Waals surface area contributed by atoms with Crippen molar-refractivity contribution in [2.24, 2.45) is 0 Å². The number of rotatable bonds is 8. The molecule has 0 unspecified atom stereocenters. The van der Waals surface area contributed by atoms with Crippen molar-refractivity contribution in [3.8, 4) is 0 Å². The van der Waals surface area contributed by atoms with Gasteiger partial charge in [-0.05, 0) is 49.1 Å². The van der Waals surface area contributed by atoms with E-state index in [4.69, 9.17) is 0 Å². The van der Waals surface area contributed by atoms with Gasteiger partial charge in [0.2, 0.25) is 0 Å². The van der Waals surface area contributed by atoms with Crippen LogP contribution in [0.3, 0.4) is 0 Å². The Morgan fingerprint density at radius 2 is 1.81 bits per heavy atom. The van der Waals surface area contributed by atoms with Gasteiger partial charge in [-0.2, -0.15) is 0 Å². The number of hydrogen-bond donors (Lipinski definition) is 3. The predicted octanol–water partition coefficient (Wildman–Crippen LogP) is 3.77. The first-order valence-electron chi connectivity index (χ1n) is 12.0. The van der Waals surface area contributed by atoms with Crippen molar-refractivity contribution in [1.29, 1.82) is 0 Å². The molecule has 1 saturated carbocycles. The Kier molecular flexibility index (Phi) is 7.15. The molecule has 1 aromatic heterocycles. The number of H-pyrrole nitrogens is 1. The molecule has 4 rings (SSSR count).